The number of methoxy groups -OCH3 is 2. The van der Waals surface area contributed by atoms with Crippen molar-refractivity contribution < 1.29 is 28.5 Å². The van der Waals surface area contributed by atoms with Crippen molar-refractivity contribution in [3.63, 3.8) is 0 Å². The lowest BCUT2D eigenvalue weighted by molar-refractivity contribution is -0.130. The summed E-state index contributed by atoms with van der Waals surface area (Å²) in [5, 5.41) is 2.72. The number of hydrogen-bond acceptors (Lipinski definition) is 10. The normalized spacial score (nSPS) is 15.0. The Morgan fingerprint density at radius 3 is 1.57 bits per heavy atom. The summed E-state index contributed by atoms with van der Waals surface area (Å²) in [4.78, 5) is 37.7. The van der Waals surface area contributed by atoms with E-state index in [-0.39, 0.29) is 17.7 Å². The average Bonchev–Trinajstić information content (AvgIpc) is 3.13. The summed E-state index contributed by atoms with van der Waals surface area (Å²) in [5.41, 5.74) is 8.39. The third-order valence-corrected chi connectivity index (χ3v) is 11.5. The molecule has 286 valence electrons. The van der Waals surface area contributed by atoms with E-state index in [0.29, 0.717) is 75.1 Å². The minimum Gasteiger partial charge on any atom is -0.481 e. The number of nitrogens with zero attached hydrogens (tertiary/aromatic N) is 4. The summed E-state index contributed by atoms with van der Waals surface area (Å²) in [7, 11) is 4.89. The van der Waals surface area contributed by atoms with Gasteiger partial charge in [-0.1, -0.05) is 43.3 Å². The van der Waals surface area contributed by atoms with Crippen LogP contribution in [-0.4, -0.2) is 78.9 Å². The number of ether oxygens (including phenoxy) is 4. The molecule has 2 aromatic carbocycles. The third-order valence-electron chi connectivity index (χ3n) is 10.4. The Kier molecular flexibility index (Phi) is 12.9. The van der Waals surface area contributed by atoms with E-state index in [1.54, 1.807) is 21.3 Å². The van der Waals surface area contributed by atoms with Gasteiger partial charge in [-0.2, -0.15) is 9.97 Å². The van der Waals surface area contributed by atoms with Gasteiger partial charge in [0, 0.05) is 69.8 Å². The lowest BCUT2D eigenvalue weighted by atomic mass is 9.92. The Morgan fingerprint density at radius 2 is 1.17 bits per heavy atom. The van der Waals surface area contributed by atoms with E-state index in [2.05, 4.69) is 90.1 Å². The van der Waals surface area contributed by atoms with Crippen LogP contribution in [0, 0.1) is 25.7 Å². The zero-order valence-electron chi connectivity index (χ0n) is 31.6. The SMILES string of the molecule is CCC(=O)C1CN(Cc2cc(Br)c(OCc3cccc(-c4cccc(COc5nc(OC)c(CN6CC(C(=O)NC)C6)cc5Br)c4C)c3C)nc2OC)C1. The van der Waals surface area contributed by atoms with E-state index in [9.17, 15) is 9.59 Å². The highest BCUT2D eigenvalue weighted by Gasteiger charge is 2.33. The number of likely N-dealkylation sites (tertiary alicyclic amines) is 2. The maximum atomic E-state index is 12.0. The Morgan fingerprint density at radius 1 is 0.722 bits per heavy atom. The number of rotatable bonds is 16. The second-order valence-corrected chi connectivity index (χ2v) is 15.6. The van der Waals surface area contributed by atoms with Crippen LogP contribution in [0.1, 0.15) is 46.7 Å². The van der Waals surface area contributed by atoms with Gasteiger partial charge in [0.1, 0.15) is 19.0 Å². The molecule has 1 amide bonds. The number of amides is 1. The average molecular weight is 866 g/mol. The van der Waals surface area contributed by atoms with Gasteiger partial charge in [-0.25, -0.2) is 0 Å². The number of halogens is 2. The predicted octanol–water partition coefficient (Wildman–Crippen LogP) is 7.05. The smallest absolute Gasteiger partial charge is 0.231 e. The van der Waals surface area contributed by atoms with Gasteiger partial charge in [0.05, 0.1) is 29.1 Å². The van der Waals surface area contributed by atoms with Crippen LogP contribution in [0.2, 0.25) is 0 Å². The third kappa shape index (κ3) is 8.75. The maximum absolute atomic E-state index is 12.0. The van der Waals surface area contributed by atoms with Crippen molar-refractivity contribution in [1.82, 2.24) is 25.1 Å². The molecule has 2 aliphatic rings. The van der Waals surface area contributed by atoms with Gasteiger partial charge in [0.2, 0.25) is 29.4 Å². The van der Waals surface area contributed by atoms with E-state index in [1.165, 1.54) is 0 Å². The maximum Gasteiger partial charge on any atom is 0.231 e. The minimum atomic E-state index is 0.0152. The standard InChI is InChI=1S/C41H47Br2N5O6/c1-7-36(49)30-18-47(19-30)16-28-14-34(42)40(45-38(28)51-5)53-22-26-10-8-12-32(24(26)2)33-13-9-11-27(25(33)3)23-54-41-35(43)15-29(39(46-41)52-6)17-48-20-31(21-48)37(50)44-4/h8-15,30-31H,7,16-23H2,1-6H3,(H,44,50). The second kappa shape index (κ2) is 17.6. The molecule has 54 heavy (non-hydrogen) atoms. The topological polar surface area (TPSA) is 115 Å². The zero-order valence-corrected chi connectivity index (χ0v) is 34.8. The summed E-state index contributed by atoms with van der Waals surface area (Å²) in [6.07, 6.45) is 0.581. The van der Waals surface area contributed by atoms with Crippen LogP contribution in [0.5, 0.6) is 23.5 Å². The number of benzene rings is 2. The van der Waals surface area contributed by atoms with Crippen LogP contribution in [0.25, 0.3) is 11.1 Å². The first-order chi connectivity index (χ1) is 26.0. The van der Waals surface area contributed by atoms with Crippen molar-refractivity contribution in [3.8, 4) is 34.6 Å². The van der Waals surface area contributed by atoms with E-state index < -0.39 is 0 Å². The van der Waals surface area contributed by atoms with E-state index in [1.807, 2.05) is 31.2 Å². The molecule has 0 radical (unpaired) electrons. The van der Waals surface area contributed by atoms with Crippen LogP contribution < -0.4 is 24.3 Å². The second-order valence-electron chi connectivity index (χ2n) is 13.9. The Bertz CT molecular complexity index is 1870. The summed E-state index contributed by atoms with van der Waals surface area (Å²) < 4.78 is 25.3. The first-order valence-corrected chi connectivity index (χ1v) is 19.7. The van der Waals surface area contributed by atoms with Gasteiger partial charge < -0.3 is 24.3 Å². The molecule has 0 bridgehead atoms. The lowest BCUT2D eigenvalue weighted by Gasteiger charge is -2.38. The number of aromatic nitrogens is 2. The first kappa shape index (κ1) is 39.6. The van der Waals surface area contributed by atoms with Crippen LogP contribution in [0.3, 0.4) is 0 Å². The lowest BCUT2D eigenvalue weighted by Crippen LogP contribution is -2.52. The molecule has 0 saturated carbocycles. The first-order valence-electron chi connectivity index (χ1n) is 18.1. The summed E-state index contributed by atoms with van der Waals surface area (Å²) in [6, 6.07) is 16.5. The number of nitrogens with one attached hydrogen (secondary N) is 1. The van der Waals surface area contributed by atoms with Crippen molar-refractivity contribution in [2.45, 2.75) is 53.5 Å². The fraction of sp³-hybridized carbons (Fsp3) is 0.415. The molecule has 11 nitrogen and oxygen atoms in total. The number of carbonyl (C=O) groups is 2. The number of carbonyl (C=O) groups excluding carboxylic acids is 2. The van der Waals surface area contributed by atoms with Crippen LogP contribution in [0.15, 0.2) is 57.5 Å². The van der Waals surface area contributed by atoms with E-state index >= 15 is 0 Å². The van der Waals surface area contributed by atoms with Gasteiger partial charge in [0.15, 0.2) is 0 Å². The molecule has 6 rings (SSSR count). The zero-order chi connectivity index (χ0) is 38.5. The van der Waals surface area contributed by atoms with Crippen molar-refractivity contribution in [3.05, 3.63) is 90.9 Å². The summed E-state index contributed by atoms with van der Waals surface area (Å²) >= 11 is 7.32. The van der Waals surface area contributed by atoms with E-state index in [4.69, 9.17) is 23.9 Å². The van der Waals surface area contributed by atoms with Gasteiger partial charge in [0.25, 0.3) is 0 Å². The molecular weight excluding hydrogens is 818 g/mol. The number of ketones is 1. The summed E-state index contributed by atoms with van der Waals surface area (Å²) in [6.45, 7) is 11.0. The quantitative estimate of drug-likeness (QED) is 0.126. The molecule has 2 saturated heterocycles. The van der Waals surface area contributed by atoms with Gasteiger partial charge in [-0.3, -0.25) is 19.4 Å². The monoisotopic (exact) mass is 863 g/mol. The van der Waals surface area contributed by atoms with Crippen molar-refractivity contribution in [1.29, 1.82) is 0 Å². The van der Waals surface area contributed by atoms with Crippen molar-refractivity contribution in [2.24, 2.45) is 11.8 Å². The molecule has 2 aromatic heterocycles. The van der Waals surface area contributed by atoms with Crippen LogP contribution >= 0.6 is 31.9 Å². The van der Waals surface area contributed by atoms with Gasteiger partial charge >= 0.3 is 0 Å². The molecule has 13 heteroatoms. The fourth-order valence-electron chi connectivity index (χ4n) is 7.07. The highest BCUT2D eigenvalue weighted by molar-refractivity contribution is 9.10. The predicted molar refractivity (Wildman–Crippen MR) is 214 cm³/mol. The molecule has 1 N–H and O–H groups in total. The van der Waals surface area contributed by atoms with Crippen LogP contribution in [-0.2, 0) is 35.9 Å². The molecule has 0 aliphatic carbocycles. The Hall–Kier alpha value is -4.04. The Balaban J connectivity index is 1.11. The number of pyridine rings is 2. The largest absolute Gasteiger partial charge is 0.481 e. The molecule has 4 aromatic rings. The molecular formula is C41H47Br2N5O6. The molecule has 2 aliphatic heterocycles. The number of hydrogen-bond donors (Lipinski definition) is 1. The Labute approximate surface area is 334 Å². The molecule has 0 atom stereocenters. The molecule has 0 unspecified atom stereocenters. The van der Waals surface area contributed by atoms with Crippen molar-refractivity contribution in [2.75, 3.05) is 47.4 Å². The fourth-order valence-corrected chi connectivity index (χ4v) is 8.03. The summed E-state index contributed by atoms with van der Waals surface area (Å²) in [5.74, 6) is 2.45. The molecule has 2 fully saturated rings. The molecule has 0 spiro atoms. The minimum absolute atomic E-state index is 0.0152. The van der Waals surface area contributed by atoms with E-state index in [0.717, 1.165) is 66.5 Å². The molecule has 4 heterocycles. The highest BCUT2D eigenvalue weighted by Crippen LogP contribution is 2.36. The van der Waals surface area contributed by atoms with Crippen molar-refractivity contribution >= 4 is 43.6 Å². The van der Waals surface area contributed by atoms with Gasteiger partial charge in [-0.15, -0.1) is 0 Å². The number of Topliss-reactive ketones (excluding diaryl/α,β-unsaturated/α-hetero) is 1. The van der Waals surface area contributed by atoms with Gasteiger partial charge in [-0.05, 0) is 91.2 Å². The van der Waals surface area contributed by atoms with Crippen LogP contribution in [0.4, 0.5) is 0 Å². The highest BCUT2D eigenvalue weighted by atomic mass is 79.9.